The fraction of sp³-hybridized carbons (Fsp3) is 0.484. The molecule has 10 nitrogen and oxygen atoms in total. The molecule has 0 fully saturated rings. The van der Waals surface area contributed by atoms with Gasteiger partial charge in [-0.2, -0.15) is 0 Å². The van der Waals surface area contributed by atoms with Crippen molar-refractivity contribution < 1.29 is 34.1 Å². The number of rotatable bonds is 14. The number of esters is 1. The van der Waals surface area contributed by atoms with Gasteiger partial charge in [0.05, 0.1) is 11.7 Å². The third-order valence-corrected chi connectivity index (χ3v) is 7.63. The summed E-state index contributed by atoms with van der Waals surface area (Å²) in [5, 5.41) is 25.9. The van der Waals surface area contributed by atoms with Gasteiger partial charge in [-0.1, -0.05) is 63.1 Å². The molecule has 3 atom stereocenters. The third-order valence-electron chi connectivity index (χ3n) is 7.29. The normalized spacial score (nSPS) is 15.9. The van der Waals surface area contributed by atoms with E-state index >= 15 is 0 Å². The van der Waals surface area contributed by atoms with E-state index in [0.717, 1.165) is 17.5 Å². The van der Waals surface area contributed by atoms with Gasteiger partial charge in [0.2, 0.25) is 5.91 Å². The Balaban J connectivity index is 1.66. The number of carboxylic acid groups (broad SMARTS) is 1. The van der Waals surface area contributed by atoms with E-state index < -0.39 is 35.7 Å². The molecule has 0 saturated heterocycles. The quantitative estimate of drug-likeness (QED) is 0.120. The zero-order valence-electron chi connectivity index (χ0n) is 24.2. The van der Waals surface area contributed by atoms with Gasteiger partial charge in [0.25, 0.3) is 5.91 Å². The zero-order valence-corrected chi connectivity index (χ0v) is 25.0. The highest BCUT2D eigenvalue weighted by Crippen LogP contribution is 2.37. The first-order valence-corrected chi connectivity index (χ1v) is 14.7. The first-order chi connectivity index (χ1) is 19.9. The molecule has 2 aromatic rings. The molecule has 1 aliphatic rings. The van der Waals surface area contributed by atoms with Crippen LogP contribution in [0.4, 0.5) is 0 Å². The number of hydrogen-bond acceptors (Lipinski definition) is 7. The van der Waals surface area contributed by atoms with E-state index in [4.69, 9.17) is 22.1 Å². The number of halogens is 1. The van der Waals surface area contributed by atoms with Crippen LogP contribution in [0.25, 0.3) is 0 Å². The smallest absolute Gasteiger partial charge is 0.342 e. The van der Waals surface area contributed by atoms with Crippen LogP contribution in [0.5, 0.6) is 5.75 Å². The van der Waals surface area contributed by atoms with Gasteiger partial charge in [0.1, 0.15) is 23.5 Å². The van der Waals surface area contributed by atoms with Crippen molar-refractivity contribution >= 4 is 35.4 Å². The molecule has 1 aliphatic heterocycles. The van der Waals surface area contributed by atoms with Crippen LogP contribution in [-0.4, -0.2) is 52.3 Å². The Kier molecular flexibility index (Phi) is 11.8. The van der Waals surface area contributed by atoms with E-state index in [1.165, 1.54) is 6.07 Å². The van der Waals surface area contributed by atoms with Crippen LogP contribution < -0.4 is 16.4 Å². The van der Waals surface area contributed by atoms with E-state index in [0.29, 0.717) is 37.7 Å². The summed E-state index contributed by atoms with van der Waals surface area (Å²) in [7, 11) is 0. The number of amides is 2. The van der Waals surface area contributed by atoms with Gasteiger partial charge in [-0.15, -0.1) is 0 Å². The fourth-order valence-corrected chi connectivity index (χ4v) is 5.26. The number of fused-ring (bicyclic) bond motifs is 1. The monoisotopic (exact) mass is 601 g/mol. The highest BCUT2D eigenvalue weighted by Gasteiger charge is 2.34. The SMILES string of the molecule is CCCC(N)NC(=O)CCCCC1Cc2c(Cl)cc(C(=O)N[C@@H](Cc3cccc(C(C)C)c3)C(=O)O)c(O)c2C(=O)O1. The fourth-order valence-electron chi connectivity index (χ4n) is 4.98. The second-order valence-corrected chi connectivity index (χ2v) is 11.4. The highest BCUT2D eigenvalue weighted by atomic mass is 35.5. The molecular weight excluding hydrogens is 562 g/mol. The van der Waals surface area contributed by atoms with Crippen molar-refractivity contribution in [3.05, 3.63) is 63.2 Å². The molecule has 228 valence electrons. The lowest BCUT2D eigenvalue weighted by Gasteiger charge is -2.27. The highest BCUT2D eigenvalue weighted by molar-refractivity contribution is 6.32. The van der Waals surface area contributed by atoms with Crippen molar-refractivity contribution in [2.75, 3.05) is 0 Å². The van der Waals surface area contributed by atoms with Crippen LogP contribution in [0.3, 0.4) is 0 Å². The second kappa shape index (κ2) is 15.0. The predicted molar refractivity (Wildman–Crippen MR) is 159 cm³/mol. The van der Waals surface area contributed by atoms with Gasteiger partial charge in [0.15, 0.2) is 0 Å². The average molecular weight is 602 g/mol. The van der Waals surface area contributed by atoms with E-state index in [1.54, 1.807) is 6.07 Å². The summed E-state index contributed by atoms with van der Waals surface area (Å²) in [6.07, 6.45) is 2.93. The lowest BCUT2D eigenvalue weighted by Crippen LogP contribution is -2.42. The van der Waals surface area contributed by atoms with Crippen LogP contribution in [-0.2, 0) is 27.2 Å². The summed E-state index contributed by atoms with van der Waals surface area (Å²) in [5.41, 5.74) is 7.44. The number of carbonyl (C=O) groups is 4. The van der Waals surface area contributed by atoms with Crippen molar-refractivity contribution in [2.24, 2.45) is 5.73 Å². The minimum absolute atomic E-state index is 0.0258. The molecule has 0 bridgehead atoms. The summed E-state index contributed by atoms with van der Waals surface area (Å²) in [5.74, 6) is -3.44. The summed E-state index contributed by atoms with van der Waals surface area (Å²) < 4.78 is 5.51. The number of nitrogens with two attached hydrogens (primary N) is 1. The standard InChI is InChI=1S/C31H40ClN3O7/c1-4-8-25(33)35-26(36)12-6-5-11-20-15-21-23(32)16-22(28(37)27(21)31(41)42-20)29(38)34-24(30(39)40)14-18-9-7-10-19(13-18)17(2)3/h7,9-10,13,16-17,20,24-25,37H,4-6,8,11-12,14-15,33H2,1-3H3,(H,34,38)(H,35,36)(H,39,40)/t20?,24-,25?/m0/s1. The van der Waals surface area contributed by atoms with Crippen molar-refractivity contribution in [3.63, 3.8) is 0 Å². The molecule has 0 spiro atoms. The van der Waals surface area contributed by atoms with E-state index in [9.17, 15) is 29.4 Å². The van der Waals surface area contributed by atoms with Crippen molar-refractivity contribution in [1.82, 2.24) is 10.6 Å². The maximum Gasteiger partial charge on any atom is 0.342 e. The van der Waals surface area contributed by atoms with Crippen molar-refractivity contribution in [3.8, 4) is 5.75 Å². The van der Waals surface area contributed by atoms with Crippen LogP contribution >= 0.6 is 11.6 Å². The van der Waals surface area contributed by atoms with Crippen LogP contribution in [0, 0.1) is 0 Å². The number of cyclic esters (lactones) is 1. The van der Waals surface area contributed by atoms with Crippen LogP contribution in [0.2, 0.25) is 5.02 Å². The van der Waals surface area contributed by atoms with Gasteiger partial charge in [-0.25, -0.2) is 9.59 Å². The molecule has 11 heteroatoms. The molecule has 2 amide bonds. The van der Waals surface area contributed by atoms with Gasteiger partial charge in [-0.05, 0) is 54.4 Å². The van der Waals surface area contributed by atoms with E-state index in [2.05, 4.69) is 10.6 Å². The molecule has 6 N–H and O–H groups in total. The van der Waals surface area contributed by atoms with Gasteiger partial charge in [0, 0.05) is 24.3 Å². The topological polar surface area (TPSA) is 168 Å². The van der Waals surface area contributed by atoms with Crippen molar-refractivity contribution in [2.45, 2.75) is 96.4 Å². The molecule has 3 rings (SSSR count). The van der Waals surface area contributed by atoms with Gasteiger partial charge < -0.3 is 31.3 Å². The van der Waals surface area contributed by atoms with Gasteiger partial charge >= 0.3 is 11.9 Å². The molecule has 2 unspecified atom stereocenters. The molecule has 2 aromatic carbocycles. The number of benzene rings is 2. The summed E-state index contributed by atoms with van der Waals surface area (Å²) in [6, 6.07) is 7.41. The molecule has 0 radical (unpaired) electrons. The number of carbonyl (C=O) groups excluding carboxylic acids is 3. The minimum atomic E-state index is -1.28. The molecular formula is C31H40ClN3O7. The van der Waals surface area contributed by atoms with E-state index in [1.807, 2.05) is 39.0 Å². The Morgan fingerprint density at radius 3 is 2.57 bits per heavy atom. The number of aromatic hydroxyl groups is 1. The number of unbranched alkanes of at least 4 members (excludes halogenated alkanes) is 1. The lowest BCUT2D eigenvalue weighted by molar-refractivity contribution is -0.139. The van der Waals surface area contributed by atoms with Crippen molar-refractivity contribution in [1.29, 1.82) is 0 Å². The lowest BCUT2D eigenvalue weighted by atomic mass is 9.92. The minimum Gasteiger partial charge on any atom is -0.506 e. The first-order valence-electron chi connectivity index (χ1n) is 14.3. The number of phenolic OH excluding ortho intramolecular Hbond substituents is 1. The molecule has 0 saturated carbocycles. The number of ether oxygens (including phenoxy) is 1. The summed E-state index contributed by atoms with van der Waals surface area (Å²) in [6.45, 7) is 6.04. The number of nitrogens with one attached hydrogen (secondary N) is 2. The number of phenols is 1. The van der Waals surface area contributed by atoms with Crippen LogP contribution in [0.1, 0.15) is 103 Å². The maximum atomic E-state index is 13.1. The predicted octanol–water partition coefficient (Wildman–Crippen LogP) is 4.44. The zero-order chi connectivity index (χ0) is 31.0. The summed E-state index contributed by atoms with van der Waals surface area (Å²) in [4.78, 5) is 50.0. The Morgan fingerprint density at radius 1 is 1.17 bits per heavy atom. The Labute approximate surface area is 251 Å². The molecule has 42 heavy (non-hydrogen) atoms. The average Bonchev–Trinajstić information content (AvgIpc) is 2.92. The maximum absolute atomic E-state index is 13.1. The van der Waals surface area contributed by atoms with Gasteiger partial charge in [-0.3, -0.25) is 9.59 Å². The largest absolute Gasteiger partial charge is 0.506 e. The third kappa shape index (κ3) is 8.69. The Bertz CT molecular complexity index is 1310. The van der Waals surface area contributed by atoms with Crippen LogP contribution in [0.15, 0.2) is 30.3 Å². The Morgan fingerprint density at radius 2 is 1.90 bits per heavy atom. The Hall–Kier alpha value is -3.63. The number of aliphatic carboxylic acids is 1. The van der Waals surface area contributed by atoms with E-state index in [-0.39, 0.29) is 47.0 Å². The molecule has 0 aliphatic carbocycles. The molecule has 0 aromatic heterocycles. The second-order valence-electron chi connectivity index (χ2n) is 11.0. The number of carboxylic acids is 1. The number of hydrogen-bond donors (Lipinski definition) is 5. The summed E-state index contributed by atoms with van der Waals surface area (Å²) >= 11 is 6.47. The first kappa shape index (κ1) is 32.9. The molecule has 1 heterocycles.